The van der Waals surface area contributed by atoms with Crippen LogP contribution in [0.15, 0.2) is 0 Å². The molecule has 2 fully saturated rings. The molecule has 2 aliphatic rings. The van der Waals surface area contributed by atoms with E-state index in [-0.39, 0.29) is 12.4 Å². The number of morpholine rings is 2. The zero-order valence-electron chi connectivity index (χ0n) is 13.6. The van der Waals surface area contributed by atoms with E-state index in [1.165, 1.54) is 4.90 Å². The van der Waals surface area contributed by atoms with Gasteiger partial charge in [0.25, 0.3) is 5.95 Å². The van der Waals surface area contributed by atoms with Crippen LogP contribution in [0.2, 0.25) is 0 Å². The number of hydrogen-bond acceptors (Lipinski definition) is 6. The van der Waals surface area contributed by atoms with E-state index in [0.717, 1.165) is 0 Å². The van der Waals surface area contributed by atoms with Gasteiger partial charge in [0.1, 0.15) is 5.69 Å². The van der Waals surface area contributed by atoms with Gasteiger partial charge in [-0.3, -0.25) is 9.69 Å². The average molecular weight is 360 g/mol. The minimum atomic E-state index is -1.51. The zero-order chi connectivity index (χ0) is 17.8. The van der Waals surface area contributed by atoms with Crippen LogP contribution in [0.4, 0.5) is 24.7 Å². The van der Waals surface area contributed by atoms with Crippen LogP contribution in [0.1, 0.15) is 0 Å². The van der Waals surface area contributed by atoms with Crippen LogP contribution in [-0.4, -0.2) is 74.9 Å². The van der Waals surface area contributed by atoms with E-state index in [1.807, 2.05) is 0 Å². The summed E-state index contributed by atoms with van der Waals surface area (Å²) < 4.78 is 52.7. The maximum absolute atomic E-state index is 14.6. The lowest BCUT2D eigenvalue weighted by molar-refractivity contribution is -0.118. The van der Waals surface area contributed by atoms with Crippen molar-refractivity contribution in [3.63, 3.8) is 0 Å². The van der Waals surface area contributed by atoms with Gasteiger partial charge < -0.3 is 19.7 Å². The monoisotopic (exact) mass is 360 g/mol. The maximum Gasteiger partial charge on any atom is 0.253 e. The first-order valence-corrected chi connectivity index (χ1v) is 8.03. The van der Waals surface area contributed by atoms with Gasteiger partial charge >= 0.3 is 0 Å². The van der Waals surface area contributed by atoms with Crippen LogP contribution in [0.5, 0.6) is 0 Å². The number of rotatable bonds is 4. The second-order valence-corrected chi connectivity index (χ2v) is 5.77. The summed E-state index contributed by atoms with van der Waals surface area (Å²) in [6.45, 7) is 3.27. The third-order valence-corrected chi connectivity index (χ3v) is 4.07. The summed E-state index contributed by atoms with van der Waals surface area (Å²) in [7, 11) is 0. The summed E-state index contributed by atoms with van der Waals surface area (Å²) in [5.41, 5.74) is -0.813. The number of carbonyl (C=O) groups excluding carboxylic acids is 1. The molecule has 0 aromatic carbocycles. The molecule has 2 saturated heterocycles. The van der Waals surface area contributed by atoms with Crippen molar-refractivity contribution in [2.75, 3.05) is 69.4 Å². The molecule has 7 nitrogen and oxygen atoms in total. The molecule has 0 saturated carbocycles. The van der Waals surface area contributed by atoms with Crippen molar-refractivity contribution in [3.8, 4) is 0 Å². The fourth-order valence-electron chi connectivity index (χ4n) is 2.74. The predicted molar refractivity (Wildman–Crippen MR) is 83.0 cm³/mol. The molecule has 1 aromatic rings. The highest BCUT2D eigenvalue weighted by atomic mass is 19.2. The van der Waals surface area contributed by atoms with Gasteiger partial charge in [-0.25, -0.2) is 4.39 Å². The Bertz CT molecular complexity index is 635. The van der Waals surface area contributed by atoms with E-state index in [2.05, 4.69) is 10.3 Å². The lowest BCUT2D eigenvalue weighted by Crippen LogP contribution is -2.41. The number of nitrogens with zero attached hydrogens (tertiary/aromatic N) is 3. The zero-order valence-corrected chi connectivity index (χ0v) is 13.6. The maximum atomic E-state index is 14.6. The highest BCUT2D eigenvalue weighted by Gasteiger charge is 2.27. The highest BCUT2D eigenvalue weighted by molar-refractivity contribution is 5.93. The normalized spacial score (nSPS) is 19.1. The molecular weight excluding hydrogens is 341 g/mol. The Morgan fingerprint density at radius 1 is 1.00 bits per heavy atom. The number of nitrogens with one attached hydrogen (secondary N) is 1. The topological polar surface area (TPSA) is 66.9 Å². The number of hydrogen-bond donors (Lipinski definition) is 1. The molecule has 138 valence electrons. The van der Waals surface area contributed by atoms with Gasteiger partial charge in [0.05, 0.1) is 33.0 Å². The smallest absolute Gasteiger partial charge is 0.253 e. The van der Waals surface area contributed by atoms with Crippen molar-refractivity contribution < 1.29 is 27.4 Å². The first kappa shape index (κ1) is 17.9. The largest absolute Gasteiger partial charge is 0.379 e. The Morgan fingerprint density at radius 3 is 2.24 bits per heavy atom. The molecule has 1 N–H and O–H groups in total. The molecular formula is C15H19F3N4O3. The van der Waals surface area contributed by atoms with Gasteiger partial charge in [0.2, 0.25) is 11.7 Å². The average Bonchev–Trinajstić information content (AvgIpc) is 2.63. The lowest BCUT2D eigenvalue weighted by Gasteiger charge is -2.29. The summed E-state index contributed by atoms with van der Waals surface area (Å²) in [5.74, 6) is -5.01. The molecule has 3 heterocycles. The molecule has 10 heteroatoms. The van der Waals surface area contributed by atoms with Crippen LogP contribution in [0.3, 0.4) is 0 Å². The molecule has 0 bridgehead atoms. The third-order valence-electron chi connectivity index (χ3n) is 4.07. The van der Waals surface area contributed by atoms with Gasteiger partial charge in [0, 0.05) is 26.2 Å². The molecule has 1 amide bonds. The first-order chi connectivity index (χ1) is 12.1. The molecule has 3 rings (SSSR count). The molecule has 0 radical (unpaired) electrons. The van der Waals surface area contributed by atoms with E-state index in [1.54, 1.807) is 4.90 Å². The molecule has 0 aliphatic carbocycles. The summed E-state index contributed by atoms with van der Waals surface area (Å²) in [6, 6.07) is 0. The van der Waals surface area contributed by atoms with Crippen molar-refractivity contribution in [3.05, 3.63) is 17.6 Å². The number of aromatic nitrogens is 1. The number of ether oxygens (including phenoxy) is 2. The van der Waals surface area contributed by atoms with Crippen LogP contribution >= 0.6 is 0 Å². The molecule has 1 aromatic heterocycles. The molecule has 0 spiro atoms. The van der Waals surface area contributed by atoms with Crippen LogP contribution in [0.25, 0.3) is 0 Å². The van der Waals surface area contributed by atoms with E-state index in [4.69, 9.17) is 9.47 Å². The van der Waals surface area contributed by atoms with E-state index in [0.29, 0.717) is 52.6 Å². The Morgan fingerprint density at radius 2 is 1.60 bits per heavy atom. The number of halogens is 3. The molecule has 0 unspecified atom stereocenters. The van der Waals surface area contributed by atoms with E-state index < -0.39 is 29.2 Å². The van der Waals surface area contributed by atoms with E-state index in [9.17, 15) is 18.0 Å². The Hall–Kier alpha value is -1.91. The van der Waals surface area contributed by atoms with Gasteiger partial charge in [-0.2, -0.15) is 13.8 Å². The van der Waals surface area contributed by atoms with Gasteiger partial charge in [-0.1, -0.05) is 0 Å². The van der Waals surface area contributed by atoms with Crippen molar-refractivity contribution in [2.45, 2.75) is 0 Å². The summed E-state index contributed by atoms with van der Waals surface area (Å²) in [4.78, 5) is 18.7. The second kappa shape index (κ2) is 7.98. The van der Waals surface area contributed by atoms with Gasteiger partial charge in [0.15, 0.2) is 11.6 Å². The Kier molecular flexibility index (Phi) is 5.71. The lowest BCUT2D eigenvalue weighted by atomic mass is 10.3. The number of amides is 1. The quantitative estimate of drug-likeness (QED) is 0.794. The van der Waals surface area contributed by atoms with Crippen molar-refractivity contribution in [1.29, 1.82) is 0 Å². The predicted octanol–water partition coefficient (Wildman–Crippen LogP) is 0.606. The highest BCUT2D eigenvalue weighted by Crippen LogP contribution is 2.28. The SMILES string of the molecule is O=C(CN1CCOCC1)Nc1c(F)c(F)nc(N2CCOCC2)c1F. The Labute approximate surface area is 142 Å². The van der Waals surface area contributed by atoms with Crippen molar-refractivity contribution in [2.24, 2.45) is 0 Å². The Balaban J connectivity index is 1.77. The minimum Gasteiger partial charge on any atom is -0.379 e. The van der Waals surface area contributed by atoms with Gasteiger partial charge in [-0.15, -0.1) is 0 Å². The molecule has 25 heavy (non-hydrogen) atoms. The number of carbonyl (C=O) groups is 1. The second-order valence-electron chi connectivity index (χ2n) is 5.77. The summed E-state index contributed by atoms with van der Waals surface area (Å²) in [6.07, 6.45) is 0. The number of anilines is 2. The van der Waals surface area contributed by atoms with Crippen molar-refractivity contribution >= 4 is 17.4 Å². The van der Waals surface area contributed by atoms with Crippen LogP contribution in [0, 0.1) is 17.6 Å². The fourth-order valence-corrected chi connectivity index (χ4v) is 2.74. The third kappa shape index (κ3) is 4.20. The summed E-state index contributed by atoms with van der Waals surface area (Å²) >= 11 is 0. The van der Waals surface area contributed by atoms with E-state index >= 15 is 0 Å². The summed E-state index contributed by atoms with van der Waals surface area (Å²) in [5, 5.41) is 2.14. The molecule has 0 atom stereocenters. The first-order valence-electron chi connectivity index (χ1n) is 8.03. The minimum absolute atomic E-state index is 0.0565. The van der Waals surface area contributed by atoms with Crippen LogP contribution < -0.4 is 10.2 Å². The number of pyridine rings is 1. The van der Waals surface area contributed by atoms with Gasteiger partial charge in [-0.05, 0) is 0 Å². The molecule has 2 aliphatic heterocycles. The van der Waals surface area contributed by atoms with Crippen LogP contribution in [-0.2, 0) is 14.3 Å². The fraction of sp³-hybridized carbons (Fsp3) is 0.600. The van der Waals surface area contributed by atoms with Crippen molar-refractivity contribution in [1.82, 2.24) is 9.88 Å². The standard InChI is InChI=1S/C15H19F3N4O3/c16-11-13(19-10(23)9-21-1-5-24-6-2-21)12(17)15(20-14(11)18)22-3-7-25-8-4-22/h1-9H2,(H,19,20,23).